The Morgan fingerprint density at radius 1 is 1.75 bits per heavy atom. The third kappa shape index (κ3) is 1.26. The summed E-state index contributed by atoms with van der Waals surface area (Å²) in [6, 6.07) is 0. The maximum atomic E-state index is 8.12. The van der Waals surface area contributed by atoms with Crippen molar-refractivity contribution in [2.75, 3.05) is 0 Å². The molecule has 0 amide bonds. The van der Waals surface area contributed by atoms with E-state index in [-0.39, 0.29) is 0 Å². The van der Waals surface area contributed by atoms with Gasteiger partial charge in [0.15, 0.2) is 0 Å². The first-order valence-corrected chi connectivity index (χ1v) is 3.86. The Kier molecular flexibility index (Phi) is 1.72. The van der Waals surface area contributed by atoms with Crippen LogP contribution in [-0.4, -0.2) is 5.16 Å². The second-order valence-electron chi connectivity index (χ2n) is 2.89. The molecule has 0 bridgehead atoms. The van der Waals surface area contributed by atoms with Gasteiger partial charge in [0.1, 0.15) is 6.26 Å². The summed E-state index contributed by atoms with van der Waals surface area (Å²) in [5.41, 5.74) is 10.0. The van der Waals surface area contributed by atoms with Gasteiger partial charge in [-0.1, -0.05) is 10.3 Å². The van der Waals surface area contributed by atoms with Crippen LogP contribution < -0.4 is 0 Å². The van der Waals surface area contributed by atoms with Crippen molar-refractivity contribution in [3.63, 3.8) is 0 Å². The van der Waals surface area contributed by atoms with Crippen molar-refractivity contribution in [1.82, 2.24) is 5.16 Å². The molecule has 1 aromatic heterocycles. The van der Waals surface area contributed by atoms with Crippen molar-refractivity contribution in [3.8, 4) is 0 Å². The number of azide groups is 1. The molecule has 0 aliphatic heterocycles. The number of rotatable bonds is 3. The highest BCUT2D eigenvalue weighted by molar-refractivity contribution is 5.22. The van der Waals surface area contributed by atoms with Gasteiger partial charge >= 0.3 is 0 Å². The lowest BCUT2D eigenvalue weighted by atomic mass is 10.2. The fraction of sp³-hybridized carbons (Fsp3) is 0.571. The van der Waals surface area contributed by atoms with Gasteiger partial charge in [0.2, 0.25) is 0 Å². The number of aromatic nitrogens is 1. The molecule has 0 aromatic carbocycles. The van der Waals surface area contributed by atoms with Crippen LogP contribution in [0.5, 0.6) is 0 Å². The predicted octanol–water partition coefficient (Wildman–Crippen LogP) is 2.36. The summed E-state index contributed by atoms with van der Waals surface area (Å²) in [5, 5.41) is 7.34. The highest BCUT2D eigenvalue weighted by Crippen LogP contribution is 2.40. The van der Waals surface area contributed by atoms with Crippen molar-refractivity contribution in [3.05, 3.63) is 28.0 Å². The maximum Gasteiger partial charge on any atom is 0.127 e. The van der Waals surface area contributed by atoms with Gasteiger partial charge < -0.3 is 4.52 Å². The Bertz CT molecular complexity index is 322. The molecule has 1 aliphatic rings. The van der Waals surface area contributed by atoms with Crippen LogP contribution in [0.2, 0.25) is 0 Å². The second-order valence-corrected chi connectivity index (χ2v) is 2.89. The largest absolute Gasteiger partial charge is 0.364 e. The van der Waals surface area contributed by atoms with Crippen molar-refractivity contribution >= 4 is 0 Å². The number of hydrogen-bond acceptors (Lipinski definition) is 3. The van der Waals surface area contributed by atoms with Crippen LogP contribution in [0.3, 0.4) is 0 Å². The van der Waals surface area contributed by atoms with Gasteiger partial charge in [-0.25, -0.2) is 0 Å². The zero-order valence-electron chi connectivity index (χ0n) is 6.47. The fourth-order valence-corrected chi connectivity index (χ4v) is 1.19. The van der Waals surface area contributed by atoms with Gasteiger partial charge in [-0.05, 0) is 18.4 Å². The van der Waals surface area contributed by atoms with Crippen LogP contribution in [0.1, 0.15) is 30.0 Å². The molecule has 1 aliphatic carbocycles. The molecular formula is C7H8N4O. The first-order valence-electron chi connectivity index (χ1n) is 3.86. The monoisotopic (exact) mass is 164 g/mol. The molecule has 2 rings (SSSR count). The van der Waals surface area contributed by atoms with Crippen molar-refractivity contribution < 1.29 is 4.52 Å². The highest BCUT2D eigenvalue weighted by atomic mass is 16.5. The molecule has 5 heteroatoms. The average Bonchev–Trinajstić information content (AvgIpc) is 2.83. The van der Waals surface area contributed by atoms with Gasteiger partial charge in [0.25, 0.3) is 0 Å². The topological polar surface area (TPSA) is 74.8 Å². The lowest BCUT2D eigenvalue weighted by Gasteiger charge is -1.91. The number of hydrogen-bond donors (Lipinski definition) is 0. The molecule has 0 saturated heterocycles. The molecule has 5 nitrogen and oxygen atoms in total. The summed E-state index contributed by atoms with van der Waals surface area (Å²) in [5.74, 6) is 0.549. The molecule has 1 heterocycles. The van der Waals surface area contributed by atoms with Crippen LogP contribution in [-0.2, 0) is 6.54 Å². The minimum atomic E-state index is 0.353. The van der Waals surface area contributed by atoms with E-state index >= 15 is 0 Å². The summed E-state index contributed by atoms with van der Waals surface area (Å²) in [7, 11) is 0. The van der Waals surface area contributed by atoms with E-state index in [1.165, 1.54) is 12.8 Å². The third-order valence-electron chi connectivity index (χ3n) is 1.94. The molecule has 0 spiro atoms. The lowest BCUT2D eigenvalue weighted by molar-refractivity contribution is 0.411. The molecular weight excluding hydrogens is 156 g/mol. The van der Waals surface area contributed by atoms with E-state index < -0.39 is 0 Å². The Morgan fingerprint density at radius 3 is 3.25 bits per heavy atom. The minimum absolute atomic E-state index is 0.353. The quantitative estimate of drug-likeness (QED) is 0.390. The first-order chi connectivity index (χ1) is 5.92. The first kappa shape index (κ1) is 7.18. The minimum Gasteiger partial charge on any atom is -0.364 e. The summed E-state index contributed by atoms with van der Waals surface area (Å²) in [6.45, 7) is 0.353. The summed E-state index contributed by atoms with van der Waals surface area (Å²) in [4.78, 5) is 2.69. The van der Waals surface area contributed by atoms with Crippen LogP contribution in [0.4, 0.5) is 0 Å². The van der Waals surface area contributed by atoms with Gasteiger partial charge in [-0.3, -0.25) is 0 Å². The smallest absolute Gasteiger partial charge is 0.127 e. The van der Waals surface area contributed by atoms with E-state index in [0.717, 1.165) is 11.3 Å². The van der Waals surface area contributed by atoms with E-state index in [2.05, 4.69) is 15.2 Å². The Labute approximate surface area is 69.0 Å². The zero-order chi connectivity index (χ0) is 8.39. The van der Waals surface area contributed by atoms with E-state index in [4.69, 9.17) is 10.1 Å². The summed E-state index contributed by atoms with van der Waals surface area (Å²) in [6.07, 6.45) is 3.91. The Hall–Kier alpha value is -1.48. The van der Waals surface area contributed by atoms with Gasteiger partial charge in [0.05, 0.1) is 12.2 Å². The fourth-order valence-electron chi connectivity index (χ4n) is 1.19. The SMILES string of the molecule is [N-]=[N+]=NCc1conc1C1CC1. The van der Waals surface area contributed by atoms with Crippen molar-refractivity contribution in [2.24, 2.45) is 5.11 Å². The summed E-state index contributed by atoms with van der Waals surface area (Å²) < 4.78 is 4.81. The molecule has 62 valence electrons. The average molecular weight is 164 g/mol. The van der Waals surface area contributed by atoms with Crippen LogP contribution >= 0.6 is 0 Å². The van der Waals surface area contributed by atoms with E-state index in [9.17, 15) is 0 Å². The normalized spacial score (nSPS) is 15.7. The van der Waals surface area contributed by atoms with Crippen LogP contribution in [0.25, 0.3) is 10.4 Å². The van der Waals surface area contributed by atoms with Crippen LogP contribution in [0, 0.1) is 0 Å². The molecule has 0 atom stereocenters. The lowest BCUT2D eigenvalue weighted by Crippen LogP contribution is -1.85. The van der Waals surface area contributed by atoms with E-state index in [1.54, 1.807) is 6.26 Å². The van der Waals surface area contributed by atoms with Gasteiger partial charge in [-0.15, -0.1) is 0 Å². The Balaban J connectivity index is 2.17. The van der Waals surface area contributed by atoms with E-state index in [1.807, 2.05) is 0 Å². The summed E-state index contributed by atoms with van der Waals surface area (Å²) >= 11 is 0. The zero-order valence-corrected chi connectivity index (χ0v) is 6.47. The van der Waals surface area contributed by atoms with Crippen molar-refractivity contribution in [2.45, 2.75) is 25.3 Å². The molecule has 1 saturated carbocycles. The predicted molar refractivity (Wildman–Crippen MR) is 41.3 cm³/mol. The molecule has 1 aromatic rings. The van der Waals surface area contributed by atoms with Gasteiger partial charge in [-0.2, -0.15) is 0 Å². The van der Waals surface area contributed by atoms with Gasteiger partial charge in [0, 0.05) is 16.4 Å². The third-order valence-corrected chi connectivity index (χ3v) is 1.94. The highest BCUT2D eigenvalue weighted by Gasteiger charge is 2.28. The molecule has 12 heavy (non-hydrogen) atoms. The Morgan fingerprint density at radius 2 is 2.58 bits per heavy atom. The van der Waals surface area contributed by atoms with Crippen molar-refractivity contribution in [1.29, 1.82) is 0 Å². The van der Waals surface area contributed by atoms with E-state index in [0.29, 0.717) is 12.5 Å². The molecule has 1 fully saturated rings. The molecule has 0 radical (unpaired) electrons. The maximum absolute atomic E-state index is 8.12. The van der Waals surface area contributed by atoms with Crippen LogP contribution in [0.15, 0.2) is 15.9 Å². The standard InChI is InChI=1S/C7H8N4O/c8-11-9-3-6-4-12-10-7(6)5-1-2-5/h4-5H,1-3H2. The second kappa shape index (κ2) is 2.87. The molecule has 0 unspecified atom stereocenters. The molecule has 0 N–H and O–H groups in total. The number of nitrogens with zero attached hydrogens (tertiary/aromatic N) is 4.